The molecule has 1 aromatic carbocycles. The highest BCUT2D eigenvalue weighted by atomic mass is 16.5. The summed E-state index contributed by atoms with van der Waals surface area (Å²) >= 11 is 0. The smallest absolute Gasteiger partial charge is 0.337 e. The molecule has 1 aliphatic rings. The Bertz CT molecular complexity index is 714. The van der Waals surface area contributed by atoms with Gasteiger partial charge < -0.3 is 25.4 Å². The summed E-state index contributed by atoms with van der Waals surface area (Å²) < 4.78 is 10.0. The van der Waals surface area contributed by atoms with E-state index in [2.05, 4.69) is 24.9 Å². The van der Waals surface area contributed by atoms with Crippen LogP contribution < -0.4 is 16.0 Å². The largest absolute Gasteiger partial charge is 0.465 e. The summed E-state index contributed by atoms with van der Waals surface area (Å²) in [6.07, 6.45) is 1.48. The zero-order valence-electron chi connectivity index (χ0n) is 13.4. The molecule has 1 fully saturated rings. The molecule has 0 atom stereocenters. The number of hydrogen-bond donors (Lipinski definition) is 2. The van der Waals surface area contributed by atoms with E-state index in [4.69, 9.17) is 10.5 Å². The molecule has 0 amide bonds. The quantitative estimate of drug-likeness (QED) is 0.812. The Morgan fingerprint density at radius 3 is 2.62 bits per heavy atom. The number of hydrogen-bond acceptors (Lipinski definition) is 8. The second-order valence-corrected chi connectivity index (χ2v) is 5.25. The van der Waals surface area contributed by atoms with Gasteiger partial charge in [0.1, 0.15) is 12.0 Å². The third kappa shape index (κ3) is 3.38. The highest BCUT2D eigenvalue weighted by Crippen LogP contribution is 2.28. The number of aromatic nitrogens is 2. The Morgan fingerprint density at radius 1 is 1.25 bits per heavy atom. The maximum absolute atomic E-state index is 11.5. The lowest BCUT2D eigenvalue weighted by molar-refractivity contribution is 0.0601. The van der Waals surface area contributed by atoms with Crippen molar-refractivity contribution in [3.63, 3.8) is 0 Å². The molecule has 0 spiro atoms. The van der Waals surface area contributed by atoms with Crippen LogP contribution in [-0.2, 0) is 9.47 Å². The van der Waals surface area contributed by atoms with E-state index in [9.17, 15) is 4.79 Å². The van der Waals surface area contributed by atoms with Crippen molar-refractivity contribution in [3.05, 3.63) is 36.2 Å². The zero-order chi connectivity index (χ0) is 16.9. The molecule has 0 saturated carbocycles. The molecular formula is C16H19N5O3. The summed E-state index contributed by atoms with van der Waals surface area (Å²) in [6.45, 7) is 2.80. The lowest BCUT2D eigenvalue weighted by Gasteiger charge is -2.28. The third-order valence-electron chi connectivity index (χ3n) is 3.74. The minimum Gasteiger partial charge on any atom is -0.465 e. The third-order valence-corrected chi connectivity index (χ3v) is 3.74. The van der Waals surface area contributed by atoms with Crippen LogP contribution in [0.25, 0.3) is 0 Å². The molecule has 0 radical (unpaired) electrons. The van der Waals surface area contributed by atoms with E-state index in [1.165, 1.54) is 13.4 Å². The summed E-state index contributed by atoms with van der Waals surface area (Å²) in [6, 6.07) is 6.88. The topological polar surface area (TPSA) is 103 Å². The second-order valence-electron chi connectivity index (χ2n) is 5.25. The summed E-state index contributed by atoms with van der Waals surface area (Å²) in [5.74, 6) is 0.844. The molecule has 24 heavy (non-hydrogen) atoms. The number of carbonyl (C=O) groups is 1. The van der Waals surface area contributed by atoms with Gasteiger partial charge in [0.25, 0.3) is 0 Å². The van der Waals surface area contributed by atoms with Crippen LogP contribution in [0.4, 0.5) is 23.0 Å². The number of anilines is 4. The van der Waals surface area contributed by atoms with E-state index in [0.717, 1.165) is 18.8 Å². The number of carbonyl (C=O) groups excluding carboxylic acids is 1. The van der Waals surface area contributed by atoms with Gasteiger partial charge in [0.15, 0.2) is 11.6 Å². The van der Waals surface area contributed by atoms with Crippen LogP contribution >= 0.6 is 0 Å². The number of nitrogens with zero attached hydrogens (tertiary/aromatic N) is 3. The average Bonchev–Trinajstić information content (AvgIpc) is 2.64. The molecule has 2 heterocycles. The van der Waals surface area contributed by atoms with Gasteiger partial charge in [0.05, 0.1) is 25.9 Å². The van der Waals surface area contributed by atoms with Crippen molar-refractivity contribution in [1.82, 2.24) is 9.97 Å². The monoisotopic (exact) mass is 329 g/mol. The number of ether oxygens (including phenoxy) is 2. The van der Waals surface area contributed by atoms with Crippen LogP contribution in [-0.4, -0.2) is 49.4 Å². The highest BCUT2D eigenvalue weighted by molar-refractivity contribution is 5.90. The van der Waals surface area contributed by atoms with Crippen molar-refractivity contribution < 1.29 is 14.3 Å². The average molecular weight is 329 g/mol. The standard InChI is InChI=1S/C16H19N5O3/c1-23-16(22)11-2-4-12(5-3-11)20-14-13(17)15(19-10-18-14)21-6-8-24-9-7-21/h2-5,10H,6-9,17H2,1H3,(H,18,19,20). The van der Waals surface area contributed by atoms with Gasteiger partial charge in [0.2, 0.25) is 0 Å². The minimum atomic E-state index is -0.377. The minimum absolute atomic E-state index is 0.377. The van der Waals surface area contributed by atoms with Crippen LogP contribution in [0.5, 0.6) is 0 Å². The summed E-state index contributed by atoms with van der Waals surface area (Å²) in [5.41, 5.74) is 7.94. The van der Waals surface area contributed by atoms with Crippen LogP contribution in [0.3, 0.4) is 0 Å². The highest BCUT2D eigenvalue weighted by Gasteiger charge is 2.17. The molecule has 0 bridgehead atoms. The molecule has 1 saturated heterocycles. The predicted octanol–water partition coefficient (Wildman–Crippen LogP) is 1.43. The van der Waals surface area contributed by atoms with Gasteiger partial charge in [-0.1, -0.05) is 0 Å². The lowest BCUT2D eigenvalue weighted by Crippen LogP contribution is -2.37. The molecule has 1 aromatic heterocycles. The van der Waals surface area contributed by atoms with Crippen molar-refractivity contribution in [2.24, 2.45) is 0 Å². The lowest BCUT2D eigenvalue weighted by atomic mass is 10.2. The van der Waals surface area contributed by atoms with Gasteiger partial charge in [-0.05, 0) is 24.3 Å². The van der Waals surface area contributed by atoms with E-state index >= 15 is 0 Å². The fraction of sp³-hybridized carbons (Fsp3) is 0.312. The molecular weight excluding hydrogens is 310 g/mol. The van der Waals surface area contributed by atoms with Crippen molar-refractivity contribution in [1.29, 1.82) is 0 Å². The zero-order valence-corrected chi connectivity index (χ0v) is 13.4. The van der Waals surface area contributed by atoms with Crippen molar-refractivity contribution in [2.45, 2.75) is 0 Å². The molecule has 3 N–H and O–H groups in total. The number of morpholine rings is 1. The summed E-state index contributed by atoms with van der Waals surface area (Å²) in [4.78, 5) is 22.0. The molecule has 0 unspecified atom stereocenters. The number of methoxy groups -OCH3 is 1. The molecule has 126 valence electrons. The van der Waals surface area contributed by atoms with Crippen molar-refractivity contribution >= 4 is 29.0 Å². The first-order chi connectivity index (χ1) is 11.7. The fourth-order valence-electron chi connectivity index (χ4n) is 2.46. The van der Waals surface area contributed by atoms with Crippen LogP contribution in [0.15, 0.2) is 30.6 Å². The Hall–Kier alpha value is -2.87. The Labute approximate surface area is 139 Å². The summed E-state index contributed by atoms with van der Waals surface area (Å²) in [7, 11) is 1.35. The van der Waals surface area contributed by atoms with Gasteiger partial charge in [-0.25, -0.2) is 14.8 Å². The number of nitrogen functional groups attached to an aromatic ring is 1. The number of nitrogens with one attached hydrogen (secondary N) is 1. The molecule has 8 nitrogen and oxygen atoms in total. The molecule has 2 aromatic rings. The van der Waals surface area contributed by atoms with E-state index in [0.29, 0.717) is 36.1 Å². The second kappa shape index (κ2) is 7.14. The van der Waals surface area contributed by atoms with Gasteiger partial charge in [-0.2, -0.15) is 0 Å². The fourth-order valence-corrected chi connectivity index (χ4v) is 2.46. The van der Waals surface area contributed by atoms with Crippen LogP contribution in [0.2, 0.25) is 0 Å². The maximum atomic E-state index is 11.5. The Balaban J connectivity index is 1.78. The SMILES string of the molecule is COC(=O)c1ccc(Nc2ncnc(N3CCOCC3)c2N)cc1. The van der Waals surface area contributed by atoms with Crippen LogP contribution in [0.1, 0.15) is 10.4 Å². The number of nitrogens with two attached hydrogens (primary N) is 1. The van der Waals surface area contributed by atoms with E-state index in [1.54, 1.807) is 24.3 Å². The number of esters is 1. The first kappa shape index (κ1) is 16.0. The van der Waals surface area contributed by atoms with Crippen molar-refractivity contribution in [2.75, 3.05) is 49.4 Å². The normalized spacial score (nSPS) is 14.3. The van der Waals surface area contributed by atoms with Gasteiger partial charge in [-0.15, -0.1) is 0 Å². The molecule has 8 heteroatoms. The maximum Gasteiger partial charge on any atom is 0.337 e. The van der Waals surface area contributed by atoms with E-state index in [-0.39, 0.29) is 5.97 Å². The van der Waals surface area contributed by atoms with Gasteiger partial charge in [0, 0.05) is 18.8 Å². The number of benzene rings is 1. The van der Waals surface area contributed by atoms with E-state index in [1.807, 2.05) is 0 Å². The Morgan fingerprint density at radius 2 is 1.96 bits per heavy atom. The van der Waals surface area contributed by atoms with Crippen LogP contribution in [0, 0.1) is 0 Å². The van der Waals surface area contributed by atoms with Gasteiger partial charge in [-0.3, -0.25) is 0 Å². The number of rotatable bonds is 4. The predicted molar refractivity (Wildman–Crippen MR) is 90.5 cm³/mol. The molecule has 3 rings (SSSR count). The summed E-state index contributed by atoms with van der Waals surface area (Å²) in [5, 5.41) is 3.15. The molecule has 1 aliphatic heterocycles. The van der Waals surface area contributed by atoms with Crippen molar-refractivity contribution in [3.8, 4) is 0 Å². The van der Waals surface area contributed by atoms with E-state index < -0.39 is 0 Å². The first-order valence-corrected chi connectivity index (χ1v) is 7.57. The first-order valence-electron chi connectivity index (χ1n) is 7.57. The Kier molecular flexibility index (Phi) is 4.76. The van der Waals surface area contributed by atoms with Gasteiger partial charge >= 0.3 is 5.97 Å². The molecule has 0 aliphatic carbocycles.